The average molecular weight is 362 g/mol. The molecular formula is C13H22F4O5Si. The Hall–Kier alpha value is -0.973. The van der Waals surface area contributed by atoms with Gasteiger partial charge in [0.2, 0.25) is 0 Å². The normalized spacial score (nSPS) is 15.6. The summed E-state index contributed by atoms with van der Waals surface area (Å²) < 4.78 is 71.2. The van der Waals surface area contributed by atoms with Crippen LogP contribution in [-0.4, -0.2) is 53.6 Å². The Morgan fingerprint density at radius 1 is 1.00 bits per heavy atom. The quantitative estimate of drug-likeness (QED) is 0.321. The van der Waals surface area contributed by atoms with Crippen molar-refractivity contribution in [1.29, 1.82) is 0 Å². The molecule has 0 saturated heterocycles. The van der Waals surface area contributed by atoms with Crippen LogP contribution in [0.5, 0.6) is 0 Å². The van der Waals surface area contributed by atoms with E-state index in [0.717, 1.165) is 6.92 Å². The number of hydrogen-bond donors (Lipinski definition) is 0. The molecule has 0 fully saturated rings. The van der Waals surface area contributed by atoms with Crippen LogP contribution in [0, 0.1) is 0 Å². The van der Waals surface area contributed by atoms with Crippen molar-refractivity contribution in [3.63, 3.8) is 0 Å². The van der Waals surface area contributed by atoms with E-state index >= 15 is 0 Å². The van der Waals surface area contributed by atoms with E-state index in [2.05, 4.69) is 0 Å². The molecule has 23 heavy (non-hydrogen) atoms. The second kappa shape index (κ2) is 10.7. The number of carbonyl (C=O) groups excluding carboxylic acids is 1. The summed E-state index contributed by atoms with van der Waals surface area (Å²) in [5.41, 5.74) is -0.392. The highest BCUT2D eigenvalue weighted by atomic mass is 28.4. The highest BCUT2D eigenvalue weighted by Crippen LogP contribution is 2.18. The fraction of sp³-hybridized carbons (Fsp3) is 0.769. The maximum atomic E-state index is 13.3. The summed E-state index contributed by atoms with van der Waals surface area (Å²) in [5.74, 6) is -1.09. The van der Waals surface area contributed by atoms with Gasteiger partial charge in [0, 0.05) is 25.4 Å². The molecule has 2 atom stereocenters. The Morgan fingerprint density at radius 2 is 1.43 bits per heavy atom. The Morgan fingerprint density at radius 3 is 1.78 bits per heavy atom. The third kappa shape index (κ3) is 7.42. The van der Waals surface area contributed by atoms with Gasteiger partial charge in [0.05, 0.1) is 0 Å². The molecule has 0 bridgehead atoms. The molecule has 0 aromatic rings. The zero-order valence-corrected chi connectivity index (χ0v) is 14.5. The molecular weight excluding hydrogens is 340 g/mol. The Labute approximate surface area is 134 Å². The van der Waals surface area contributed by atoms with Crippen LogP contribution in [-0.2, 0) is 22.5 Å². The van der Waals surface area contributed by atoms with E-state index in [1.54, 1.807) is 20.8 Å². The molecule has 2 unspecified atom stereocenters. The molecule has 0 aromatic heterocycles. The maximum absolute atomic E-state index is 13.3. The van der Waals surface area contributed by atoms with Crippen LogP contribution in [0.25, 0.3) is 0 Å². The lowest BCUT2D eigenvalue weighted by Crippen LogP contribution is -2.50. The summed E-state index contributed by atoms with van der Waals surface area (Å²) >= 11 is 0. The van der Waals surface area contributed by atoms with Crippen molar-refractivity contribution < 1.29 is 40.1 Å². The van der Waals surface area contributed by atoms with Gasteiger partial charge in [0.25, 0.3) is 6.43 Å². The third-order valence-corrected chi connectivity index (χ3v) is 4.82. The Kier molecular flexibility index (Phi) is 10.3. The van der Waals surface area contributed by atoms with Crippen LogP contribution in [0.2, 0.25) is 0 Å². The molecule has 0 saturated carbocycles. The minimum absolute atomic E-state index is 0.131. The second-order valence-corrected chi connectivity index (χ2v) is 6.33. The summed E-state index contributed by atoms with van der Waals surface area (Å²) in [6.07, 6.45) is -8.72. The SMILES string of the molecule is CCO[Si](OCC)(OCC)OC(=O)C(C)=CC(F)C(F)C(F)F. The molecule has 0 N–H and O–H groups in total. The van der Waals surface area contributed by atoms with Gasteiger partial charge in [0.1, 0.15) is 0 Å². The minimum atomic E-state index is -3.78. The van der Waals surface area contributed by atoms with Gasteiger partial charge in [-0.1, -0.05) is 0 Å². The fourth-order valence-electron chi connectivity index (χ4n) is 1.48. The average Bonchev–Trinajstić information content (AvgIpc) is 2.46. The van der Waals surface area contributed by atoms with E-state index in [4.69, 9.17) is 17.7 Å². The van der Waals surface area contributed by atoms with Crippen molar-refractivity contribution in [2.24, 2.45) is 0 Å². The zero-order chi connectivity index (χ0) is 18.0. The molecule has 0 rings (SSSR count). The fourth-order valence-corrected chi connectivity index (χ4v) is 3.35. The Bertz CT molecular complexity index is 378. The largest absolute Gasteiger partial charge is 0.751 e. The van der Waals surface area contributed by atoms with Gasteiger partial charge < -0.3 is 17.7 Å². The van der Waals surface area contributed by atoms with Gasteiger partial charge in [-0.3, -0.25) is 0 Å². The lowest BCUT2D eigenvalue weighted by Gasteiger charge is -2.26. The number of allylic oxidation sites excluding steroid dienone is 1. The van der Waals surface area contributed by atoms with E-state index < -0.39 is 39.4 Å². The van der Waals surface area contributed by atoms with E-state index in [1.807, 2.05) is 0 Å². The third-order valence-electron chi connectivity index (χ3n) is 2.46. The number of alkyl halides is 4. The van der Waals surface area contributed by atoms with Crippen molar-refractivity contribution in [2.75, 3.05) is 19.8 Å². The summed E-state index contributed by atoms with van der Waals surface area (Å²) in [4.78, 5) is 11.9. The molecule has 0 aliphatic heterocycles. The summed E-state index contributed by atoms with van der Waals surface area (Å²) in [5, 5.41) is 0. The van der Waals surface area contributed by atoms with Gasteiger partial charge in [0.15, 0.2) is 12.3 Å². The van der Waals surface area contributed by atoms with E-state index in [0.29, 0.717) is 6.08 Å². The van der Waals surface area contributed by atoms with E-state index in [-0.39, 0.29) is 19.8 Å². The summed E-state index contributed by atoms with van der Waals surface area (Å²) in [6.45, 7) is 6.39. The topological polar surface area (TPSA) is 54.0 Å². The maximum Gasteiger partial charge on any atom is 0.751 e. The zero-order valence-electron chi connectivity index (χ0n) is 13.5. The number of hydrogen-bond acceptors (Lipinski definition) is 5. The van der Waals surface area contributed by atoms with Crippen molar-refractivity contribution >= 4 is 15.0 Å². The number of halogens is 4. The number of rotatable bonds is 11. The summed E-state index contributed by atoms with van der Waals surface area (Å²) in [6, 6.07) is 0. The first-order chi connectivity index (χ1) is 10.7. The van der Waals surface area contributed by atoms with Crippen LogP contribution in [0.1, 0.15) is 27.7 Å². The van der Waals surface area contributed by atoms with Crippen molar-refractivity contribution in [3.8, 4) is 0 Å². The molecule has 10 heteroatoms. The van der Waals surface area contributed by atoms with Gasteiger partial charge in [-0.25, -0.2) is 22.4 Å². The predicted octanol–water partition coefficient (Wildman–Crippen LogP) is 2.96. The molecule has 0 aliphatic carbocycles. The molecule has 0 aliphatic rings. The smallest absolute Gasteiger partial charge is 0.448 e. The van der Waals surface area contributed by atoms with Gasteiger partial charge in [-0.05, 0) is 33.8 Å². The second-order valence-electron chi connectivity index (χ2n) is 4.26. The predicted molar refractivity (Wildman–Crippen MR) is 76.3 cm³/mol. The van der Waals surface area contributed by atoms with Crippen LogP contribution < -0.4 is 0 Å². The first-order valence-corrected chi connectivity index (χ1v) is 8.76. The number of carbonyl (C=O) groups is 1. The van der Waals surface area contributed by atoms with Crippen molar-refractivity contribution in [2.45, 2.75) is 46.5 Å². The lowest BCUT2D eigenvalue weighted by molar-refractivity contribution is -0.140. The van der Waals surface area contributed by atoms with Gasteiger partial charge >= 0.3 is 15.0 Å². The van der Waals surface area contributed by atoms with E-state index in [9.17, 15) is 22.4 Å². The first kappa shape index (κ1) is 22.0. The van der Waals surface area contributed by atoms with Gasteiger partial charge in [-0.2, -0.15) is 0 Å². The highest BCUT2D eigenvalue weighted by molar-refractivity contribution is 6.55. The van der Waals surface area contributed by atoms with E-state index in [1.165, 1.54) is 0 Å². The first-order valence-electron chi connectivity index (χ1n) is 7.12. The molecule has 0 amide bonds. The summed E-state index contributed by atoms with van der Waals surface area (Å²) in [7, 11) is -3.78. The minimum Gasteiger partial charge on any atom is -0.448 e. The lowest BCUT2D eigenvalue weighted by atomic mass is 10.2. The molecule has 0 spiro atoms. The monoisotopic (exact) mass is 362 g/mol. The van der Waals surface area contributed by atoms with Crippen LogP contribution >= 0.6 is 0 Å². The Balaban J connectivity index is 5.09. The molecule has 0 aromatic carbocycles. The van der Waals surface area contributed by atoms with Gasteiger partial charge in [-0.15, -0.1) is 0 Å². The molecule has 136 valence electrons. The van der Waals surface area contributed by atoms with Crippen molar-refractivity contribution in [1.82, 2.24) is 0 Å². The molecule has 5 nitrogen and oxygen atoms in total. The molecule has 0 radical (unpaired) electrons. The van der Waals surface area contributed by atoms with Crippen LogP contribution in [0.3, 0.4) is 0 Å². The van der Waals surface area contributed by atoms with Crippen molar-refractivity contribution in [3.05, 3.63) is 11.6 Å². The highest BCUT2D eigenvalue weighted by Gasteiger charge is 2.49. The standard InChI is InChI=1S/C13H22F4O5Si/c1-5-19-23(20-6-2,21-7-3)22-13(18)9(4)8-10(14)11(15)12(16)17/h8,10-12H,5-7H2,1-4H3. The van der Waals surface area contributed by atoms with Crippen LogP contribution in [0.15, 0.2) is 11.6 Å². The van der Waals surface area contributed by atoms with Crippen LogP contribution in [0.4, 0.5) is 17.6 Å². The molecule has 0 heterocycles.